The summed E-state index contributed by atoms with van der Waals surface area (Å²) in [5.74, 6) is 0. The van der Waals surface area contributed by atoms with Crippen LogP contribution >= 0.6 is 0 Å². The molecule has 1 unspecified atom stereocenters. The summed E-state index contributed by atoms with van der Waals surface area (Å²) in [6, 6.07) is 88.0. The fraction of sp³-hybridized carbons (Fsp3) is 0.0286. The van der Waals surface area contributed by atoms with Crippen molar-refractivity contribution in [2.45, 2.75) is 10.8 Å². The number of hydrogen-bond acceptors (Lipinski definition) is 1. The molecule has 2 spiro atoms. The first kappa shape index (κ1) is 36.9. The molecule has 0 amide bonds. The van der Waals surface area contributed by atoms with Crippen LogP contribution in [0, 0.1) is 0 Å². The Morgan fingerprint density at radius 3 is 1.18 bits per heavy atom. The predicted molar refractivity (Wildman–Crippen MR) is 293 cm³/mol. The Morgan fingerprint density at radius 1 is 0.225 bits per heavy atom. The van der Waals surface area contributed by atoms with Crippen molar-refractivity contribution in [3.8, 4) is 55.6 Å². The Balaban J connectivity index is 0.962. The molecule has 4 aliphatic carbocycles. The molecule has 13 aromatic carbocycles. The number of furan rings is 1. The molecule has 0 aliphatic heterocycles. The lowest BCUT2D eigenvalue weighted by Gasteiger charge is -2.32. The number of fused-ring (bicyclic) bond motifs is 27. The van der Waals surface area contributed by atoms with E-state index in [4.69, 9.17) is 4.42 Å². The molecule has 0 fully saturated rings. The smallest absolute Gasteiger partial charge is 0.135 e. The van der Waals surface area contributed by atoms with Gasteiger partial charge in [-0.2, -0.15) is 0 Å². The molecule has 0 bridgehead atoms. The Bertz CT molecular complexity index is 4730. The normalized spacial score (nSPS) is 16.1. The minimum atomic E-state index is -0.540. The van der Waals surface area contributed by atoms with Crippen LogP contribution in [0.2, 0.25) is 0 Å². The Morgan fingerprint density at radius 2 is 0.620 bits per heavy atom. The number of benzene rings is 13. The summed E-state index contributed by atoms with van der Waals surface area (Å²) >= 11 is 0. The van der Waals surface area contributed by atoms with Gasteiger partial charge in [-0.25, -0.2) is 0 Å². The molecule has 0 N–H and O–H groups in total. The molecule has 1 nitrogen and oxygen atoms in total. The first-order valence-corrected chi connectivity index (χ1v) is 25.0. The molecule has 324 valence electrons. The van der Waals surface area contributed by atoms with Crippen molar-refractivity contribution in [3.63, 3.8) is 0 Å². The van der Waals surface area contributed by atoms with Crippen molar-refractivity contribution < 1.29 is 4.42 Å². The first-order chi connectivity index (χ1) is 35.2. The lowest BCUT2D eigenvalue weighted by Crippen LogP contribution is -2.26. The molecule has 0 radical (unpaired) electrons. The topological polar surface area (TPSA) is 13.1 Å². The van der Waals surface area contributed by atoms with E-state index in [1.807, 2.05) is 6.07 Å². The number of hydrogen-bond donors (Lipinski definition) is 0. The van der Waals surface area contributed by atoms with E-state index in [1.165, 1.54) is 143 Å². The lowest BCUT2D eigenvalue weighted by molar-refractivity contribution is 0.669. The SMILES string of the molecule is c1ccc2c(c1)-c1ccccc1C21c2ccccc2-c2c1cc1c3cccc4c5c(cc(c6cccc2c61)c43)C1(c2ccccc2-c2ccc(-c3ccc4oc6ccccc6c4c3)cc21)c1ccccc1-5. The van der Waals surface area contributed by atoms with Gasteiger partial charge in [0.15, 0.2) is 0 Å². The molecule has 0 saturated carbocycles. The van der Waals surface area contributed by atoms with Gasteiger partial charge in [-0.15, -0.1) is 0 Å². The van der Waals surface area contributed by atoms with Crippen LogP contribution in [0.15, 0.2) is 235 Å². The molecule has 1 heteroatoms. The second-order valence-corrected chi connectivity index (χ2v) is 20.4. The highest BCUT2D eigenvalue weighted by Gasteiger charge is 2.54. The van der Waals surface area contributed by atoms with Gasteiger partial charge in [0.05, 0.1) is 10.8 Å². The maximum Gasteiger partial charge on any atom is 0.135 e. The van der Waals surface area contributed by atoms with E-state index in [0.717, 1.165) is 21.9 Å². The maximum atomic E-state index is 6.31. The van der Waals surface area contributed by atoms with Crippen LogP contribution in [-0.2, 0) is 10.8 Å². The van der Waals surface area contributed by atoms with E-state index in [2.05, 4.69) is 224 Å². The van der Waals surface area contributed by atoms with E-state index in [1.54, 1.807) is 0 Å². The van der Waals surface area contributed by atoms with Crippen molar-refractivity contribution in [1.82, 2.24) is 0 Å². The summed E-state index contributed by atoms with van der Waals surface area (Å²) in [6.45, 7) is 0. The highest BCUT2D eigenvalue weighted by Crippen LogP contribution is 2.67. The fourth-order valence-corrected chi connectivity index (χ4v) is 15.1. The maximum absolute atomic E-state index is 6.31. The van der Waals surface area contributed by atoms with Crippen LogP contribution in [0.1, 0.15) is 44.5 Å². The highest BCUT2D eigenvalue weighted by atomic mass is 16.3. The van der Waals surface area contributed by atoms with E-state index >= 15 is 0 Å². The van der Waals surface area contributed by atoms with Crippen molar-refractivity contribution in [3.05, 3.63) is 275 Å². The molecule has 4 aliphatic rings. The van der Waals surface area contributed by atoms with Crippen molar-refractivity contribution in [1.29, 1.82) is 0 Å². The van der Waals surface area contributed by atoms with Gasteiger partial charge in [0.1, 0.15) is 11.2 Å². The molecule has 1 heterocycles. The van der Waals surface area contributed by atoms with Gasteiger partial charge in [-0.3, -0.25) is 0 Å². The first-order valence-electron chi connectivity index (χ1n) is 25.0. The molecule has 14 aromatic rings. The standard InChI is InChI=1S/C70H38O/c1-7-25-55-41(15-1)42-16-2-8-26-56(42)69(55)58-28-10-4-19-48(58)67-50-23-13-22-47-54-38-62-68(51-24-14-21-46(66(51)54)53(65(47)50)37-61(67)69)49-20-5-11-29-59(49)70(62)57-27-9-3-17-43(57)44-33-31-40(36-60(44)70)39-32-34-64-52(35-39)45-18-6-12-30-63(45)71-64/h1-38H. The zero-order valence-electron chi connectivity index (χ0n) is 38.3. The zero-order chi connectivity index (χ0) is 45.9. The third-order valence-corrected chi connectivity index (χ3v) is 17.6. The minimum absolute atomic E-state index is 0.433. The van der Waals surface area contributed by atoms with Gasteiger partial charge < -0.3 is 4.42 Å². The molecule has 18 rings (SSSR count). The van der Waals surface area contributed by atoms with E-state index < -0.39 is 10.8 Å². The largest absolute Gasteiger partial charge is 0.456 e. The van der Waals surface area contributed by atoms with Gasteiger partial charge in [0.2, 0.25) is 0 Å². The predicted octanol–water partition coefficient (Wildman–Crippen LogP) is 18.0. The van der Waals surface area contributed by atoms with E-state index in [-0.39, 0.29) is 0 Å². The van der Waals surface area contributed by atoms with Crippen LogP contribution in [0.4, 0.5) is 0 Å². The van der Waals surface area contributed by atoms with Crippen LogP contribution in [-0.4, -0.2) is 0 Å². The minimum Gasteiger partial charge on any atom is -0.456 e. The van der Waals surface area contributed by atoms with Crippen molar-refractivity contribution in [2.24, 2.45) is 0 Å². The van der Waals surface area contributed by atoms with Crippen molar-refractivity contribution >= 4 is 65.0 Å². The molecular weight excluding hydrogens is 857 g/mol. The van der Waals surface area contributed by atoms with Crippen molar-refractivity contribution in [2.75, 3.05) is 0 Å². The van der Waals surface area contributed by atoms with Crippen LogP contribution < -0.4 is 0 Å². The fourth-order valence-electron chi connectivity index (χ4n) is 15.1. The van der Waals surface area contributed by atoms with Gasteiger partial charge >= 0.3 is 0 Å². The van der Waals surface area contributed by atoms with Crippen LogP contribution in [0.5, 0.6) is 0 Å². The van der Waals surface area contributed by atoms with E-state index in [9.17, 15) is 0 Å². The molecule has 71 heavy (non-hydrogen) atoms. The van der Waals surface area contributed by atoms with Gasteiger partial charge in [-0.05, 0) is 180 Å². The number of rotatable bonds is 1. The lowest BCUT2D eigenvalue weighted by atomic mass is 9.69. The number of para-hydroxylation sites is 1. The monoisotopic (exact) mass is 894 g/mol. The molecular formula is C70H38O. The average Bonchev–Trinajstić information content (AvgIpc) is 4.24. The Hall–Kier alpha value is -9.04. The summed E-state index contributed by atoms with van der Waals surface area (Å²) in [7, 11) is 0. The summed E-state index contributed by atoms with van der Waals surface area (Å²) in [5.41, 5.74) is 24.8. The van der Waals surface area contributed by atoms with Crippen LogP contribution in [0.25, 0.3) is 121 Å². The molecule has 1 aromatic heterocycles. The summed E-state index contributed by atoms with van der Waals surface area (Å²) < 4.78 is 6.31. The summed E-state index contributed by atoms with van der Waals surface area (Å²) in [4.78, 5) is 0. The second kappa shape index (κ2) is 12.6. The molecule has 1 atom stereocenters. The van der Waals surface area contributed by atoms with Crippen LogP contribution in [0.3, 0.4) is 0 Å². The van der Waals surface area contributed by atoms with E-state index in [0.29, 0.717) is 0 Å². The third-order valence-electron chi connectivity index (χ3n) is 17.6. The Labute approximate surface area is 408 Å². The van der Waals surface area contributed by atoms with Gasteiger partial charge in [0.25, 0.3) is 0 Å². The van der Waals surface area contributed by atoms with Gasteiger partial charge in [-0.1, -0.05) is 194 Å². The third kappa shape index (κ3) is 4.11. The summed E-state index contributed by atoms with van der Waals surface area (Å²) in [5, 5.41) is 12.9. The Kier molecular flexibility index (Phi) is 6.55. The summed E-state index contributed by atoms with van der Waals surface area (Å²) in [6.07, 6.45) is 0. The second-order valence-electron chi connectivity index (χ2n) is 20.4. The quantitative estimate of drug-likeness (QED) is 0.118. The highest BCUT2D eigenvalue weighted by molar-refractivity contribution is 6.36. The molecule has 0 saturated heterocycles. The van der Waals surface area contributed by atoms with Gasteiger partial charge in [0, 0.05) is 10.8 Å². The zero-order valence-corrected chi connectivity index (χ0v) is 38.3. The average molecular weight is 895 g/mol.